The van der Waals surface area contributed by atoms with Gasteiger partial charge in [0.25, 0.3) is 5.91 Å². The number of nitrogens with zero attached hydrogens (tertiary/aromatic N) is 1. The maximum absolute atomic E-state index is 12.7. The molecule has 2 aromatic rings. The number of ether oxygens (including phenoxy) is 3. The largest absolute Gasteiger partial charge is 0.489 e. The molecule has 0 bridgehead atoms. The summed E-state index contributed by atoms with van der Waals surface area (Å²) < 4.78 is 40.7. The predicted octanol–water partition coefficient (Wildman–Crippen LogP) is 3.01. The standard InChI is InChI=1S/C22H24F2N4O4S/c1-30-10-11-31-18-13-25-8-6-14(18)12-27-16-7-9-26-20(29)19(16)21(33)28-15-4-2-3-5-17(15)32-22(23)24/h2-6,8,13,22,27H,7,9-12H2,1H3,(H,26,29)(H,28,33). The number of hydrogen-bond acceptors (Lipinski definition) is 7. The molecule has 176 valence electrons. The van der Waals surface area contributed by atoms with Gasteiger partial charge in [-0.1, -0.05) is 24.4 Å². The Morgan fingerprint density at radius 3 is 2.85 bits per heavy atom. The van der Waals surface area contributed by atoms with Gasteiger partial charge in [-0.15, -0.1) is 0 Å². The quantitative estimate of drug-likeness (QED) is 0.335. The molecule has 3 N–H and O–H groups in total. The number of aromatic nitrogens is 1. The van der Waals surface area contributed by atoms with Gasteiger partial charge in [0.1, 0.15) is 23.1 Å². The lowest BCUT2D eigenvalue weighted by molar-refractivity contribution is -0.117. The van der Waals surface area contributed by atoms with Crippen molar-refractivity contribution >= 4 is 28.8 Å². The van der Waals surface area contributed by atoms with Crippen LogP contribution in [0.25, 0.3) is 0 Å². The van der Waals surface area contributed by atoms with Gasteiger partial charge in [-0.3, -0.25) is 9.78 Å². The summed E-state index contributed by atoms with van der Waals surface area (Å²) >= 11 is 5.45. The minimum absolute atomic E-state index is 0.0733. The number of thiocarbonyl (C=S) groups is 1. The highest BCUT2D eigenvalue weighted by Crippen LogP contribution is 2.27. The molecular formula is C22H24F2N4O4S. The summed E-state index contributed by atoms with van der Waals surface area (Å²) in [4.78, 5) is 16.8. The van der Waals surface area contributed by atoms with E-state index in [1.807, 2.05) is 6.07 Å². The van der Waals surface area contributed by atoms with Crippen molar-refractivity contribution in [2.75, 3.05) is 32.2 Å². The van der Waals surface area contributed by atoms with Crippen LogP contribution in [0.5, 0.6) is 11.5 Å². The highest BCUT2D eigenvalue weighted by atomic mass is 32.1. The number of methoxy groups -OCH3 is 1. The Morgan fingerprint density at radius 2 is 2.06 bits per heavy atom. The molecule has 1 aliphatic rings. The number of nitrogens with one attached hydrogen (secondary N) is 3. The molecule has 1 aromatic heterocycles. The lowest BCUT2D eigenvalue weighted by Gasteiger charge is -2.24. The number of para-hydroxylation sites is 2. The van der Waals surface area contributed by atoms with Gasteiger partial charge in [-0.25, -0.2) is 0 Å². The van der Waals surface area contributed by atoms with Gasteiger partial charge in [0.15, 0.2) is 0 Å². The Kier molecular flexibility index (Phi) is 8.90. The first-order valence-electron chi connectivity index (χ1n) is 10.1. The third kappa shape index (κ3) is 6.83. The van der Waals surface area contributed by atoms with E-state index in [0.717, 1.165) is 5.56 Å². The maximum atomic E-state index is 12.7. The molecule has 0 radical (unpaired) electrons. The highest BCUT2D eigenvalue weighted by molar-refractivity contribution is 7.81. The zero-order valence-corrected chi connectivity index (χ0v) is 18.7. The molecule has 0 fully saturated rings. The van der Waals surface area contributed by atoms with E-state index in [4.69, 9.17) is 21.7 Å². The zero-order chi connectivity index (χ0) is 23.6. The van der Waals surface area contributed by atoms with E-state index in [0.29, 0.717) is 44.2 Å². The summed E-state index contributed by atoms with van der Waals surface area (Å²) in [6.45, 7) is -1.37. The Bertz CT molecular complexity index is 1020. The van der Waals surface area contributed by atoms with E-state index in [-0.39, 0.29) is 27.9 Å². The van der Waals surface area contributed by atoms with E-state index in [1.165, 1.54) is 6.07 Å². The number of benzene rings is 1. The highest BCUT2D eigenvalue weighted by Gasteiger charge is 2.25. The summed E-state index contributed by atoms with van der Waals surface area (Å²) in [7, 11) is 1.59. The van der Waals surface area contributed by atoms with Crippen molar-refractivity contribution in [3.05, 3.63) is 59.6 Å². The Balaban J connectivity index is 1.78. The van der Waals surface area contributed by atoms with Gasteiger partial charge in [0.2, 0.25) is 0 Å². The van der Waals surface area contributed by atoms with Crippen LogP contribution in [-0.4, -0.2) is 49.4 Å². The van der Waals surface area contributed by atoms with Gasteiger partial charge in [-0.2, -0.15) is 8.78 Å². The summed E-state index contributed by atoms with van der Waals surface area (Å²) in [5.41, 5.74) is 1.94. The molecule has 11 heteroatoms. The fraction of sp³-hybridized carbons (Fsp3) is 0.318. The number of rotatable bonds is 11. The average molecular weight is 479 g/mol. The van der Waals surface area contributed by atoms with E-state index in [1.54, 1.807) is 37.7 Å². The number of amides is 1. The Morgan fingerprint density at radius 1 is 1.24 bits per heavy atom. The third-order valence-electron chi connectivity index (χ3n) is 4.68. The van der Waals surface area contributed by atoms with Gasteiger partial charge >= 0.3 is 6.61 Å². The van der Waals surface area contributed by atoms with E-state index < -0.39 is 6.61 Å². The first-order valence-corrected chi connectivity index (χ1v) is 10.6. The molecule has 1 aromatic carbocycles. The lowest BCUT2D eigenvalue weighted by atomic mass is 10.1. The maximum Gasteiger partial charge on any atom is 0.387 e. The molecule has 0 unspecified atom stereocenters. The minimum atomic E-state index is -2.99. The lowest BCUT2D eigenvalue weighted by Crippen LogP contribution is -2.39. The molecule has 0 aliphatic carbocycles. The van der Waals surface area contributed by atoms with Crippen LogP contribution in [0.1, 0.15) is 12.0 Å². The molecule has 1 amide bonds. The summed E-state index contributed by atoms with van der Waals surface area (Å²) in [5.74, 6) is 0.166. The van der Waals surface area contributed by atoms with Crippen molar-refractivity contribution in [3.8, 4) is 11.5 Å². The number of carbonyl (C=O) groups is 1. The van der Waals surface area contributed by atoms with Gasteiger partial charge in [-0.05, 0) is 18.2 Å². The molecule has 0 saturated heterocycles. The van der Waals surface area contributed by atoms with Gasteiger partial charge in [0, 0.05) is 44.1 Å². The van der Waals surface area contributed by atoms with Crippen LogP contribution in [0.3, 0.4) is 0 Å². The number of hydrogen-bond donors (Lipinski definition) is 3. The van der Waals surface area contributed by atoms with Crippen LogP contribution in [0, 0.1) is 0 Å². The summed E-state index contributed by atoms with van der Waals surface area (Å²) in [5, 5.41) is 8.87. The van der Waals surface area contributed by atoms with Crippen LogP contribution in [0.4, 0.5) is 14.5 Å². The second-order valence-electron chi connectivity index (χ2n) is 6.87. The number of carbonyl (C=O) groups excluding carboxylic acids is 1. The topological polar surface area (TPSA) is 93.7 Å². The Hall–Kier alpha value is -3.31. The second kappa shape index (κ2) is 12.1. The van der Waals surface area contributed by atoms with Crippen molar-refractivity contribution in [1.29, 1.82) is 0 Å². The molecule has 0 atom stereocenters. The molecule has 0 spiro atoms. The molecule has 8 nitrogen and oxygen atoms in total. The average Bonchev–Trinajstić information content (AvgIpc) is 2.79. The van der Waals surface area contributed by atoms with E-state index in [2.05, 4.69) is 25.7 Å². The van der Waals surface area contributed by atoms with Crippen molar-refractivity contribution in [2.45, 2.75) is 19.6 Å². The molecule has 1 aliphatic heterocycles. The van der Waals surface area contributed by atoms with Crippen molar-refractivity contribution < 1.29 is 27.8 Å². The summed E-state index contributed by atoms with van der Waals surface area (Å²) in [6.07, 6.45) is 3.78. The third-order valence-corrected chi connectivity index (χ3v) is 4.98. The van der Waals surface area contributed by atoms with Crippen LogP contribution < -0.4 is 25.4 Å². The molecule has 0 saturated carbocycles. The van der Waals surface area contributed by atoms with E-state index >= 15 is 0 Å². The van der Waals surface area contributed by atoms with Gasteiger partial charge in [0.05, 0.1) is 24.1 Å². The zero-order valence-electron chi connectivity index (χ0n) is 17.9. The molecule has 2 heterocycles. The van der Waals surface area contributed by atoms with Crippen LogP contribution in [0.2, 0.25) is 0 Å². The number of halogens is 2. The minimum Gasteiger partial charge on any atom is -0.489 e. The van der Waals surface area contributed by atoms with Crippen molar-refractivity contribution in [3.63, 3.8) is 0 Å². The first-order chi connectivity index (χ1) is 16.0. The molecule has 3 rings (SSSR count). The summed E-state index contributed by atoms with van der Waals surface area (Å²) in [6, 6.07) is 7.95. The molecular weight excluding hydrogens is 454 g/mol. The number of anilines is 1. The Labute approximate surface area is 195 Å². The molecule has 33 heavy (non-hydrogen) atoms. The SMILES string of the molecule is COCCOc1cnccc1CNC1=C(C(=S)Nc2ccccc2OC(F)F)C(=O)NCC1. The monoisotopic (exact) mass is 478 g/mol. The number of pyridine rings is 1. The van der Waals surface area contributed by atoms with Crippen molar-refractivity contribution in [2.24, 2.45) is 0 Å². The number of alkyl halides is 2. The predicted molar refractivity (Wildman–Crippen MR) is 122 cm³/mol. The fourth-order valence-electron chi connectivity index (χ4n) is 3.14. The smallest absolute Gasteiger partial charge is 0.387 e. The first kappa shape index (κ1) is 24.3. The van der Waals surface area contributed by atoms with Crippen LogP contribution in [-0.2, 0) is 16.1 Å². The van der Waals surface area contributed by atoms with E-state index in [9.17, 15) is 13.6 Å². The van der Waals surface area contributed by atoms with Crippen LogP contribution in [0.15, 0.2) is 54.0 Å². The van der Waals surface area contributed by atoms with Crippen molar-refractivity contribution in [1.82, 2.24) is 15.6 Å². The normalized spacial score (nSPS) is 13.5. The second-order valence-corrected chi connectivity index (χ2v) is 7.27. The van der Waals surface area contributed by atoms with Crippen LogP contribution >= 0.6 is 12.2 Å². The van der Waals surface area contributed by atoms with Gasteiger partial charge < -0.3 is 30.2 Å². The fourth-order valence-corrected chi connectivity index (χ4v) is 3.47.